The predicted octanol–water partition coefficient (Wildman–Crippen LogP) is 1.25. The van der Waals surface area contributed by atoms with Crippen LogP contribution in [-0.4, -0.2) is 43.4 Å². The fourth-order valence-corrected chi connectivity index (χ4v) is 1.10. The van der Waals surface area contributed by atoms with E-state index >= 15 is 0 Å². The lowest BCUT2D eigenvalue weighted by atomic mass is 10.4. The quantitative estimate of drug-likeness (QED) is 0.675. The summed E-state index contributed by atoms with van der Waals surface area (Å²) in [7, 11) is 1.67. The molecule has 1 N–H and O–H groups in total. The standard InChI is InChI=1S/C11H19N3O2/c1-10-8-13-11(14-9-10)12-4-3-5-16-7-6-15-2/h8-9H,3-7H2,1-2H3,(H,12,13,14). The Morgan fingerprint density at radius 1 is 1.19 bits per heavy atom. The molecule has 5 nitrogen and oxygen atoms in total. The van der Waals surface area contributed by atoms with Crippen LogP contribution in [0.2, 0.25) is 0 Å². The van der Waals surface area contributed by atoms with Gasteiger partial charge in [0.1, 0.15) is 0 Å². The van der Waals surface area contributed by atoms with E-state index in [4.69, 9.17) is 9.47 Å². The van der Waals surface area contributed by atoms with Crippen LogP contribution in [0.5, 0.6) is 0 Å². The van der Waals surface area contributed by atoms with Gasteiger partial charge in [0.15, 0.2) is 0 Å². The van der Waals surface area contributed by atoms with Crippen molar-refractivity contribution >= 4 is 5.95 Å². The van der Waals surface area contributed by atoms with Crippen molar-refractivity contribution in [3.63, 3.8) is 0 Å². The second kappa shape index (κ2) is 8.01. The number of nitrogens with one attached hydrogen (secondary N) is 1. The van der Waals surface area contributed by atoms with Gasteiger partial charge in [0, 0.05) is 32.7 Å². The van der Waals surface area contributed by atoms with E-state index in [0.717, 1.165) is 25.1 Å². The van der Waals surface area contributed by atoms with Gasteiger partial charge in [-0.3, -0.25) is 0 Å². The van der Waals surface area contributed by atoms with Gasteiger partial charge in [-0.05, 0) is 18.9 Å². The molecule has 1 heterocycles. The van der Waals surface area contributed by atoms with Crippen LogP contribution < -0.4 is 5.32 Å². The Kier molecular flexibility index (Phi) is 6.44. The van der Waals surface area contributed by atoms with Crippen molar-refractivity contribution in [3.05, 3.63) is 18.0 Å². The third-order valence-corrected chi connectivity index (χ3v) is 1.96. The van der Waals surface area contributed by atoms with Crippen molar-refractivity contribution in [2.75, 3.05) is 38.8 Å². The molecule has 0 saturated heterocycles. The molecule has 0 aliphatic heterocycles. The summed E-state index contributed by atoms with van der Waals surface area (Å²) in [5, 5.41) is 3.13. The maximum atomic E-state index is 5.33. The van der Waals surface area contributed by atoms with Gasteiger partial charge >= 0.3 is 0 Å². The molecule has 0 fully saturated rings. The summed E-state index contributed by atoms with van der Waals surface area (Å²) in [5.41, 5.74) is 1.06. The number of aromatic nitrogens is 2. The van der Waals surface area contributed by atoms with Gasteiger partial charge in [-0.25, -0.2) is 9.97 Å². The third kappa shape index (κ3) is 5.63. The molecule has 0 aromatic carbocycles. The van der Waals surface area contributed by atoms with Crippen LogP contribution in [-0.2, 0) is 9.47 Å². The van der Waals surface area contributed by atoms with Crippen molar-refractivity contribution in [2.45, 2.75) is 13.3 Å². The normalized spacial score (nSPS) is 10.4. The largest absolute Gasteiger partial charge is 0.382 e. The van der Waals surface area contributed by atoms with Gasteiger partial charge in [-0.15, -0.1) is 0 Å². The lowest BCUT2D eigenvalue weighted by Gasteiger charge is -2.05. The van der Waals surface area contributed by atoms with E-state index in [1.165, 1.54) is 0 Å². The molecule has 0 unspecified atom stereocenters. The van der Waals surface area contributed by atoms with E-state index in [9.17, 15) is 0 Å². The molecule has 1 rings (SSSR count). The topological polar surface area (TPSA) is 56.3 Å². The highest BCUT2D eigenvalue weighted by atomic mass is 16.5. The van der Waals surface area contributed by atoms with E-state index in [1.807, 2.05) is 6.92 Å². The number of hydrogen-bond donors (Lipinski definition) is 1. The predicted molar refractivity (Wildman–Crippen MR) is 62.6 cm³/mol. The van der Waals surface area contributed by atoms with Gasteiger partial charge < -0.3 is 14.8 Å². The maximum absolute atomic E-state index is 5.33. The van der Waals surface area contributed by atoms with Gasteiger partial charge in [-0.1, -0.05) is 0 Å². The summed E-state index contributed by atoms with van der Waals surface area (Å²) in [4.78, 5) is 8.28. The zero-order chi connectivity index (χ0) is 11.6. The lowest BCUT2D eigenvalue weighted by molar-refractivity contribution is 0.0705. The van der Waals surface area contributed by atoms with E-state index < -0.39 is 0 Å². The molecule has 5 heteroatoms. The summed E-state index contributed by atoms with van der Waals surface area (Å²) in [6, 6.07) is 0. The molecule has 0 radical (unpaired) electrons. The van der Waals surface area contributed by atoms with Crippen molar-refractivity contribution in [1.29, 1.82) is 0 Å². The van der Waals surface area contributed by atoms with Gasteiger partial charge in [0.05, 0.1) is 13.2 Å². The number of rotatable bonds is 8. The van der Waals surface area contributed by atoms with Crippen LogP contribution in [0.15, 0.2) is 12.4 Å². The molecule has 1 aromatic rings. The molecule has 90 valence electrons. The van der Waals surface area contributed by atoms with Crippen LogP contribution in [0, 0.1) is 6.92 Å². The fourth-order valence-electron chi connectivity index (χ4n) is 1.10. The first-order valence-corrected chi connectivity index (χ1v) is 5.42. The number of nitrogens with zero attached hydrogens (tertiary/aromatic N) is 2. The number of anilines is 1. The Bertz CT molecular complexity index is 277. The summed E-state index contributed by atoms with van der Waals surface area (Å²) in [6.45, 7) is 4.80. The highest BCUT2D eigenvalue weighted by Crippen LogP contribution is 1.98. The molecular weight excluding hydrogens is 206 g/mol. The number of hydrogen-bond acceptors (Lipinski definition) is 5. The Balaban J connectivity index is 2.01. The van der Waals surface area contributed by atoms with Crippen molar-refractivity contribution in [2.24, 2.45) is 0 Å². The Labute approximate surface area is 96.2 Å². The molecule has 0 amide bonds. The second-order valence-corrected chi connectivity index (χ2v) is 3.47. The molecule has 0 bridgehead atoms. The molecule has 16 heavy (non-hydrogen) atoms. The van der Waals surface area contributed by atoms with Crippen molar-refractivity contribution in [1.82, 2.24) is 9.97 Å². The highest BCUT2D eigenvalue weighted by Gasteiger charge is 1.94. The van der Waals surface area contributed by atoms with Gasteiger partial charge in [0.2, 0.25) is 5.95 Å². The number of aryl methyl sites for hydroxylation is 1. The smallest absolute Gasteiger partial charge is 0.222 e. The molecule has 0 spiro atoms. The molecule has 0 atom stereocenters. The van der Waals surface area contributed by atoms with Crippen LogP contribution in [0.25, 0.3) is 0 Å². The van der Waals surface area contributed by atoms with Crippen LogP contribution in [0.4, 0.5) is 5.95 Å². The minimum absolute atomic E-state index is 0.647. The minimum atomic E-state index is 0.647. The third-order valence-electron chi connectivity index (χ3n) is 1.96. The molecule has 0 aliphatic carbocycles. The highest BCUT2D eigenvalue weighted by molar-refractivity contribution is 5.23. The zero-order valence-electron chi connectivity index (χ0n) is 9.90. The Morgan fingerprint density at radius 2 is 1.94 bits per heavy atom. The summed E-state index contributed by atoms with van der Waals surface area (Å²) in [6.07, 6.45) is 4.52. The van der Waals surface area contributed by atoms with Crippen LogP contribution in [0.3, 0.4) is 0 Å². The second-order valence-electron chi connectivity index (χ2n) is 3.47. The van der Waals surface area contributed by atoms with Gasteiger partial charge in [0.25, 0.3) is 0 Å². The number of ether oxygens (including phenoxy) is 2. The molecule has 0 saturated carbocycles. The maximum Gasteiger partial charge on any atom is 0.222 e. The Hall–Kier alpha value is -1.20. The summed E-state index contributed by atoms with van der Waals surface area (Å²) < 4.78 is 10.2. The van der Waals surface area contributed by atoms with Crippen LogP contribution >= 0.6 is 0 Å². The van der Waals surface area contributed by atoms with Crippen molar-refractivity contribution in [3.8, 4) is 0 Å². The summed E-state index contributed by atoms with van der Waals surface area (Å²) in [5.74, 6) is 0.669. The molecule has 0 aliphatic rings. The Morgan fingerprint density at radius 3 is 2.62 bits per heavy atom. The van der Waals surface area contributed by atoms with E-state index in [-0.39, 0.29) is 0 Å². The first-order valence-electron chi connectivity index (χ1n) is 5.42. The van der Waals surface area contributed by atoms with E-state index in [0.29, 0.717) is 19.2 Å². The molecule has 1 aromatic heterocycles. The zero-order valence-corrected chi connectivity index (χ0v) is 9.90. The van der Waals surface area contributed by atoms with Crippen molar-refractivity contribution < 1.29 is 9.47 Å². The van der Waals surface area contributed by atoms with E-state index in [1.54, 1.807) is 19.5 Å². The monoisotopic (exact) mass is 225 g/mol. The minimum Gasteiger partial charge on any atom is -0.382 e. The average molecular weight is 225 g/mol. The van der Waals surface area contributed by atoms with Crippen LogP contribution in [0.1, 0.15) is 12.0 Å². The average Bonchev–Trinajstić information content (AvgIpc) is 2.30. The number of methoxy groups -OCH3 is 1. The fraction of sp³-hybridized carbons (Fsp3) is 0.636. The SMILES string of the molecule is COCCOCCCNc1ncc(C)cn1. The van der Waals surface area contributed by atoms with Gasteiger partial charge in [-0.2, -0.15) is 0 Å². The first-order chi connectivity index (χ1) is 7.83. The first kappa shape index (κ1) is 12.9. The van der Waals surface area contributed by atoms with E-state index in [2.05, 4.69) is 15.3 Å². The molecular formula is C11H19N3O2. The lowest BCUT2D eigenvalue weighted by Crippen LogP contribution is -2.09. The summed E-state index contributed by atoms with van der Waals surface area (Å²) >= 11 is 0.